The Morgan fingerprint density at radius 1 is 1.26 bits per heavy atom. The van der Waals surface area contributed by atoms with Crippen LogP contribution >= 0.6 is 22.7 Å². The Bertz CT molecular complexity index is 757. The molecule has 1 aliphatic carbocycles. The number of rotatable bonds is 4. The Labute approximate surface area is 142 Å². The van der Waals surface area contributed by atoms with Gasteiger partial charge in [-0.1, -0.05) is 11.2 Å². The summed E-state index contributed by atoms with van der Waals surface area (Å²) in [5, 5.41) is 13.3. The van der Waals surface area contributed by atoms with Gasteiger partial charge in [0.2, 0.25) is 0 Å². The van der Waals surface area contributed by atoms with Crippen molar-refractivity contribution in [2.75, 3.05) is 0 Å². The molecule has 3 aromatic rings. The molecule has 1 aliphatic rings. The largest absolute Gasteiger partial charge is 0.360 e. The van der Waals surface area contributed by atoms with Gasteiger partial charge in [0.1, 0.15) is 5.76 Å². The van der Waals surface area contributed by atoms with Gasteiger partial charge in [0.15, 0.2) is 5.69 Å². The summed E-state index contributed by atoms with van der Waals surface area (Å²) in [4.78, 5) is 13.9. The number of hydrogen-bond acceptors (Lipinski definition) is 5. The molecule has 0 saturated carbocycles. The topological polar surface area (TPSA) is 55.1 Å². The summed E-state index contributed by atoms with van der Waals surface area (Å²) < 4.78 is 5.37. The predicted octanol–water partition coefficient (Wildman–Crippen LogP) is 4.20. The second-order valence-corrected chi connectivity index (χ2v) is 7.38. The maximum atomic E-state index is 12.8. The van der Waals surface area contributed by atoms with Gasteiger partial charge in [-0.2, -0.15) is 11.3 Å². The van der Waals surface area contributed by atoms with E-state index in [0.717, 1.165) is 47.4 Å². The van der Waals surface area contributed by atoms with Crippen LogP contribution < -0.4 is 5.32 Å². The fourth-order valence-corrected chi connectivity index (χ4v) is 4.46. The molecule has 23 heavy (non-hydrogen) atoms. The lowest BCUT2D eigenvalue weighted by Gasteiger charge is -2.16. The second-order valence-electron chi connectivity index (χ2n) is 5.62. The number of thiophene rings is 2. The molecule has 4 rings (SSSR count). The van der Waals surface area contributed by atoms with Gasteiger partial charge in [-0.15, -0.1) is 11.3 Å². The van der Waals surface area contributed by atoms with Crippen molar-refractivity contribution >= 4 is 28.6 Å². The lowest BCUT2D eigenvalue weighted by molar-refractivity contribution is 0.0933. The van der Waals surface area contributed by atoms with Crippen molar-refractivity contribution in [1.82, 2.24) is 10.5 Å². The number of carbonyl (C=O) groups excluding carboxylic acids is 1. The zero-order valence-corrected chi connectivity index (χ0v) is 14.1. The highest BCUT2D eigenvalue weighted by molar-refractivity contribution is 7.10. The number of hydrogen-bond donors (Lipinski definition) is 1. The van der Waals surface area contributed by atoms with Gasteiger partial charge >= 0.3 is 0 Å². The Hall–Kier alpha value is -1.92. The summed E-state index contributed by atoms with van der Waals surface area (Å²) in [6.45, 7) is 0. The normalized spacial score (nSPS) is 15.1. The van der Waals surface area contributed by atoms with Crippen molar-refractivity contribution in [3.05, 3.63) is 61.8 Å². The molecule has 0 radical (unpaired) electrons. The highest BCUT2D eigenvalue weighted by Gasteiger charge is 2.26. The Morgan fingerprint density at radius 2 is 2.17 bits per heavy atom. The molecule has 0 fully saturated rings. The third kappa shape index (κ3) is 2.84. The van der Waals surface area contributed by atoms with E-state index in [1.165, 1.54) is 0 Å². The lowest BCUT2D eigenvalue weighted by Crippen LogP contribution is -2.29. The van der Waals surface area contributed by atoms with Crippen LogP contribution in [-0.2, 0) is 12.8 Å². The first-order valence-corrected chi connectivity index (χ1v) is 9.49. The predicted molar refractivity (Wildman–Crippen MR) is 91.1 cm³/mol. The smallest absolute Gasteiger partial charge is 0.274 e. The van der Waals surface area contributed by atoms with Crippen LogP contribution in [-0.4, -0.2) is 11.1 Å². The van der Waals surface area contributed by atoms with Gasteiger partial charge in [0.05, 0.1) is 6.04 Å². The first-order chi connectivity index (χ1) is 11.3. The molecule has 1 amide bonds. The number of nitrogens with one attached hydrogen (secondary N) is 1. The molecule has 118 valence electrons. The van der Waals surface area contributed by atoms with E-state index >= 15 is 0 Å². The summed E-state index contributed by atoms with van der Waals surface area (Å²) in [7, 11) is 0. The van der Waals surface area contributed by atoms with Gasteiger partial charge in [-0.3, -0.25) is 4.79 Å². The molecule has 0 bridgehead atoms. The molecule has 1 N–H and O–H groups in total. The van der Waals surface area contributed by atoms with Crippen molar-refractivity contribution in [2.24, 2.45) is 0 Å². The standard InChI is InChI=1S/C17H16N2O2S2/c20-17(16-12-4-1-2-5-13(12)21-19-16)18-15(11-7-9-22-10-11)14-6-3-8-23-14/h3,6-10,15H,1-2,4-5H2,(H,18,20)/t15-/m1/s1. The molecule has 0 unspecified atom stereocenters. The van der Waals surface area contributed by atoms with E-state index in [4.69, 9.17) is 4.52 Å². The monoisotopic (exact) mass is 344 g/mol. The van der Waals surface area contributed by atoms with Crippen molar-refractivity contribution in [3.8, 4) is 0 Å². The van der Waals surface area contributed by atoms with Crippen LogP contribution in [0.15, 0.2) is 38.9 Å². The van der Waals surface area contributed by atoms with Gasteiger partial charge in [0.25, 0.3) is 5.91 Å². The Kier molecular flexibility index (Phi) is 4.01. The molecule has 4 nitrogen and oxygen atoms in total. The molecular formula is C17H16N2O2S2. The highest BCUT2D eigenvalue weighted by atomic mass is 32.1. The first-order valence-electron chi connectivity index (χ1n) is 7.66. The van der Waals surface area contributed by atoms with Crippen molar-refractivity contribution < 1.29 is 9.32 Å². The van der Waals surface area contributed by atoms with Crippen molar-refractivity contribution in [2.45, 2.75) is 31.7 Å². The van der Waals surface area contributed by atoms with Crippen LogP contribution in [0, 0.1) is 0 Å². The summed E-state index contributed by atoms with van der Waals surface area (Å²) >= 11 is 3.28. The fraction of sp³-hybridized carbons (Fsp3) is 0.294. The summed E-state index contributed by atoms with van der Waals surface area (Å²) in [6.07, 6.45) is 3.96. The maximum absolute atomic E-state index is 12.8. The fourth-order valence-electron chi connectivity index (χ4n) is 2.98. The van der Waals surface area contributed by atoms with Crippen LogP contribution in [0.25, 0.3) is 0 Å². The Morgan fingerprint density at radius 3 is 2.96 bits per heavy atom. The molecule has 1 atom stereocenters. The SMILES string of the molecule is O=C(N[C@H](c1ccsc1)c1cccs1)c1noc2c1CCCC2. The zero-order valence-electron chi connectivity index (χ0n) is 12.5. The average Bonchev–Trinajstić information content (AvgIpc) is 3.33. The number of nitrogens with zero attached hydrogens (tertiary/aromatic N) is 1. The number of aryl methyl sites for hydroxylation is 1. The molecule has 0 spiro atoms. The molecule has 0 aliphatic heterocycles. The summed E-state index contributed by atoms with van der Waals surface area (Å²) in [5.41, 5.74) is 2.55. The first kappa shape index (κ1) is 14.7. The summed E-state index contributed by atoms with van der Waals surface area (Å²) in [5.74, 6) is 0.728. The van der Waals surface area contributed by atoms with Gasteiger partial charge in [0, 0.05) is 16.9 Å². The van der Waals surface area contributed by atoms with Gasteiger partial charge in [-0.25, -0.2) is 0 Å². The molecule has 6 heteroatoms. The van der Waals surface area contributed by atoms with E-state index in [-0.39, 0.29) is 11.9 Å². The molecule has 0 aromatic carbocycles. The van der Waals surface area contributed by atoms with E-state index in [1.807, 2.05) is 29.0 Å². The third-order valence-electron chi connectivity index (χ3n) is 4.14. The van der Waals surface area contributed by atoms with E-state index in [0.29, 0.717) is 5.69 Å². The van der Waals surface area contributed by atoms with E-state index in [1.54, 1.807) is 22.7 Å². The van der Waals surface area contributed by atoms with Crippen LogP contribution in [0.2, 0.25) is 0 Å². The highest BCUT2D eigenvalue weighted by Crippen LogP contribution is 2.29. The van der Waals surface area contributed by atoms with Crippen molar-refractivity contribution in [1.29, 1.82) is 0 Å². The average molecular weight is 344 g/mol. The van der Waals surface area contributed by atoms with Crippen molar-refractivity contribution in [3.63, 3.8) is 0 Å². The van der Waals surface area contributed by atoms with Gasteiger partial charge < -0.3 is 9.84 Å². The minimum absolute atomic E-state index is 0.135. The lowest BCUT2D eigenvalue weighted by atomic mass is 9.96. The molecule has 3 aromatic heterocycles. The molecule has 0 saturated heterocycles. The molecule has 3 heterocycles. The third-order valence-corrected chi connectivity index (χ3v) is 5.78. The number of amides is 1. The minimum Gasteiger partial charge on any atom is -0.360 e. The number of aromatic nitrogens is 1. The van der Waals surface area contributed by atoms with Crippen LogP contribution in [0.5, 0.6) is 0 Å². The second kappa shape index (κ2) is 6.29. The number of carbonyl (C=O) groups is 1. The summed E-state index contributed by atoms with van der Waals surface area (Å²) in [6, 6.07) is 5.97. The van der Waals surface area contributed by atoms with E-state index in [2.05, 4.69) is 15.9 Å². The van der Waals surface area contributed by atoms with E-state index < -0.39 is 0 Å². The maximum Gasteiger partial charge on any atom is 0.274 e. The van der Waals surface area contributed by atoms with E-state index in [9.17, 15) is 4.79 Å². The zero-order chi connectivity index (χ0) is 15.6. The minimum atomic E-state index is -0.151. The Balaban J connectivity index is 1.62. The van der Waals surface area contributed by atoms with Crippen LogP contribution in [0.1, 0.15) is 51.1 Å². The van der Waals surface area contributed by atoms with Gasteiger partial charge in [-0.05, 0) is 53.1 Å². The molecular weight excluding hydrogens is 328 g/mol. The van der Waals surface area contributed by atoms with Crippen LogP contribution in [0.4, 0.5) is 0 Å². The van der Waals surface area contributed by atoms with Crippen LogP contribution in [0.3, 0.4) is 0 Å². The number of fused-ring (bicyclic) bond motifs is 1. The quantitative estimate of drug-likeness (QED) is 0.772.